The summed E-state index contributed by atoms with van der Waals surface area (Å²) in [7, 11) is 1.62. The molecular weight excluding hydrogens is 333 g/mol. The molecule has 0 aliphatic carbocycles. The van der Waals surface area contributed by atoms with Crippen molar-refractivity contribution in [1.82, 2.24) is 4.57 Å². The molecule has 0 bridgehead atoms. The van der Waals surface area contributed by atoms with E-state index in [1.54, 1.807) is 31.3 Å². The van der Waals surface area contributed by atoms with Crippen molar-refractivity contribution in [3.05, 3.63) is 77.6 Å². The largest absolute Gasteiger partial charge is 0.302 e. The minimum Gasteiger partial charge on any atom is -0.302 e. The Morgan fingerprint density at radius 1 is 1.26 bits per heavy atom. The van der Waals surface area contributed by atoms with Crippen LogP contribution in [-0.2, 0) is 7.05 Å². The smallest absolute Gasteiger partial charge is 0.268 e. The summed E-state index contributed by atoms with van der Waals surface area (Å²) >= 11 is 2.57. The van der Waals surface area contributed by atoms with E-state index in [4.69, 9.17) is 0 Å². The third-order valence-electron chi connectivity index (χ3n) is 3.23. The van der Waals surface area contributed by atoms with Crippen LogP contribution in [0, 0.1) is 5.82 Å². The van der Waals surface area contributed by atoms with Gasteiger partial charge in [0.05, 0.1) is 9.41 Å². The molecular formula is C17H12FNO2S2. The average molecular weight is 345 g/mol. The SMILES string of the molecule is Cn1c(=O)/c(=C\c2cccc(F)c2)s/c1=C\C(=O)c1cccs1. The zero-order valence-electron chi connectivity index (χ0n) is 12.2. The van der Waals surface area contributed by atoms with Crippen molar-refractivity contribution in [3.63, 3.8) is 0 Å². The maximum Gasteiger partial charge on any atom is 0.268 e. The van der Waals surface area contributed by atoms with Crippen LogP contribution >= 0.6 is 22.7 Å². The third-order valence-corrected chi connectivity index (χ3v) is 5.22. The normalized spacial score (nSPS) is 12.8. The molecule has 1 aromatic carbocycles. The van der Waals surface area contributed by atoms with Crippen molar-refractivity contribution in [1.29, 1.82) is 0 Å². The quantitative estimate of drug-likeness (QED) is 0.682. The van der Waals surface area contributed by atoms with E-state index in [0.29, 0.717) is 19.6 Å². The molecule has 0 spiro atoms. The number of thiazole rings is 1. The monoisotopic (exact) mass is 345 g/mol. The number of ketones is 1. The fraction of sp³-hybridized carbons (Fsp3) is 0.0588. The first kappa shape index (κ1) is 15.6. The van der Waals surface area contributed by atoms with E-state index in [9.17, 15) is 14.0 Å². The molecule has 0 atom stereocenters. The van der Waals surface area contributed by atoms with Crippen molar-refractivity contribution in [3.8, 4) is 0 Å². The Kier molecular flexibility index (Phi) is 4.36. The molecule has 116 valence electrons. The van der Waals surface area contributed by atoms with Gasteiger partial charge in [-0.3, -0.25) is 9.59 Å². The molecule has 0 saturated heterocycles. The van der Waals surface area contributed by atoms with Crippen LogP contribution < -0.4 is 14.8 Å². The number of benzene rings is 1. The van der Waals surface area contributed by atoms with Crippen LogP contribution in [0.15, 0.2) is 46.6 Å². The zero-order valence-corrected chi connectivity index (χ0v) is 13.8. The minimum atomic E-state index is -0.355. The van der Waals surface area contributed by atoms with E-state index in [1.165, 1.54) is 45.4 Å². The van der Waals surface area contributed by atoms with Crippen molar-refractivity contribution in [2.45, 2.75) is 0 Å². The Morgan fingerprint density at radius 3 is 2.78 bits per heavy atom. The van der Waals surface area contributed by atoms with E-state index in [2.05, 4.69) is 0 Å². The van der Waals surface area contributed by atoms with Gasteiger partial charge in [0, 0.05) is 13.1 Å². The fourth-order valence-electron chi connectivity index (χ4n) is 2.06. The van der Waals surface area contributed by atoms with Crippen LogP contribution in [0.3, 0.4) is 0 Å². The molecule has 0 N–H and O–H groups in total. The highest BCUT2D eigenvalue weighted by Gasteiger charge is 2.06. The lowest BCUT2D eigenvalue weighted by Gasteiger charge is -1.90. The second-order valence-corrected chi connectivity index (χ2v) is 6.86. The van der Waals surface area contributed by atoms with Gasteiger partial charge < -0.3 is 4.57 Å². The van der Waals surface area contributed by atoms with Gasteiger partial charge in [0.15, 0.2) is 5.78 Å². The van der Waals surface area contributed by atoms with Crippen LogP contribution in [0.2, 0.25) is 0 Å². The molecule has 0 saturated carbocycles. The number of carbonyl (C=O) groups excluding carboxylic acids is 1. The van der Waals surface area contributed by atoms with E-state index in [1.807, 2.05) is 11.4 Å². The first-order chi connectivity index (χ1) is 11.0. The van der Waals surface area contributed by atoms with Crippen LogP contribution in [0.1, 0.15) is 15.2 Å². The number of carbonyl (C=O) groups is 1. The van der Waals surface area contributed by atoms with Gasteiger partial charge in [0.25, 0.3) is 5.56 Å². The number of rotatable bonds is 3. The van der Waals surface area contributed by atoms with E-state index in [0.717, 1.165) is 0 Å². The number of thiophene rings is 1. The molecule has 3 aromatic rings. The number of hydrogen-bond donors (Lipinski definition) is 0. The van der Waals surface area contributed by atoms with Gasteiger partial charge in [0.2, 0.25) is 0 Å². The summed E-state index contributed by atoms with van der Waals surface area (Å²) in [5.74, 6) is -0.485. The fourth-order valence-corrected chi connectivity index (χ4v) is 3.72. The average Bonchev–Trinajstić information content (AvgIpc) is 3.13. The van der Waals surface area contributed by atoms with E-state index >= 15 is 0 Å². The van der Waals surface area contributed by atoms with Crippen molar-refractivity contribution < 1.29 is 9.18 Å². The van der Waals surface area contributed by atoms with Crippen molar-refractivity contribution >= 4 is 40.6 Å². The molecule has 0 fully saturated rings. The molecule has 0 aliphatic rings. The van der Waals surface area contributed by atoms with E-state index in [-0.39, 0.29) is 17.2 Å². The van der Waals surface area contributed by atoms with Crippen LogP contribution in [0.25, 0.3) is 12.2 Å². The highest BCUT2D eigenvalue weighted by molar-refractivity contribution is 7.12. The van der Waals surface area contributed by atoms with Crippen LogP contribution in [0.4, 0.5) is 4.39 Å². The standard InChI is InChI=1S/C17H12FNO2S2/c1-19-16(10-13(20)14-6-3-7-22-14)23-15(17(19)21)9-11-4-2-5-12(18)8-11/h2-10H,1H3/b15-9+,16-10-. The molecule has 0 amide bonds. The Hall–Kier alpha value is -2.31. The first-order valence-corrected chi connectivity index (χ1v) is 8.47. The maximum absolute atomic E-state index is 13.2. The lowest BCUT2D eigenvalue weighted by Crippen LogP contribution is -2.29. The first-order valence-electron chi connectivity index (χ1n) is 6.77. The topological polar surface area (TPSA) is 39.1 Å². The second-order valence-electron chi connectivity index (χ2n) is 4.85. The second kappa shape index (κ2) is 6.44. The molecule has 23 heavy (non-hydrogen) atoms. The lowest BCUT2D eigenvalue weighted by molar-refractivity contribution is 0.106. The Labute approximate surface area is 139 Å². The van der Waals surface area contributed by atoms with Gasteiger partial charge in [-0.1, -0.05) is 18.2 Å². The van der Waals surface area contributed by atoms with Crippen molar-refractivity contribution in [2.24, 2.45) is 7.05 Å². The Morgan fingerprint density at radius 2 is 2.09 bits per heavy atom. The number of Topliss-reactive ketones (excluding diaryl/α,β-unsaturated/α-hetero) is 1. The van der Waals surface area contributed by atoms with Gasteiger partial charge >= 0.3 is 0 Å². The predicted molar refractivity (Wildman–Crippen MR) is 91.9 cm³/mol. The Bertz CT molecular complexity index is 1030. The summed E-state index contributed by atoms with van der Waals surface area (Å²) in [6.07, 6.45) is 3.09. The molecule has 2 heterocycles. The highest BCUT2D eigenvalue weighted by atomic mass is 32.1. The summed E-state index contributed by atoms with van der Waals surface area (Å²) in [6, 6.07) is 9.58. The van der Waals surface area contributed by atoms with Gasteiger partial charge in [-0.05, 0) is 35.2 Å². The van der Waals surface area contributed by atoms with Gasteiger partial charge in [-0.15, -0.1) is 22.7 Å². The Balaban J connectivity index is 2.09. The van der Waals surface area contributed by atoms with Crippen LogP contribution in [0.5, 0.6) is 0 Å². The summed E-state index contributed by atoms with van der Waals surface area (Å²) < 4.78 is 15.7. The lowest BCUT2D eigenvalue weighted by atomic mass is 10.2. The molecule has 0 radical (unpaired) electrons. The molecule has 2 aromatic heterocycles. The van der Waals surface area contributed by atoms with E-state index < -0.39 is 0 Å². The summed E-state index contributed by atoms with van der Waals surface area (Å²) in [6.45, 7) is 0. The van der Waals surface area contributed by atoms with Gasteiger partial charge in [0.1, 0.15) is 10.5 Å². The molecule has 0 unspecified atom stereocenters. The van der Waals surface area contributed by atoms with Gasteiger partial charge in [-0.2, -0.15) is 0 Å². The number of halogens is 1. The summed E-state index contributed by atoms with van der Waals surface area (Å²) in [4.78, 5) is 25.0. The predicted octanol–water partition coefficient (Wildman–Crippen LogP) is 2.14. The highest BCUT2D eigenvalue weighted by Crippen LogP contribution is 2.09. The molecule has 0 aliphatic heterocycles. The molecule has 6 heteroatoms. The number of aromatic nitrogens is 1. The van der Waals surface area contributed by atoms with Crippen LogP contribution in [-0.4, -0.2) is 10.4 Å². The maximum atomic E-state index is 13.2. The number of nitrogens with zero attached hydrogens (tertiary/aromatic N) is 1. The minimum absolute atomic E-state index is 0.130. The zero-order chi connectivity index (χ0) is 16.4. The van der Waals surface area contributed by atoms with Crippen molar-refractivity contribution in [2.75, 3.05) is 0 Å². The number of hydrogen-bond acceptors (Lipinski definition) is 4. The third kappa shape index (κ3) is 3.38. The van der Waals surface area contributed by atoms with Gasteiger partial charge in [-0.25, -0.2) is 4.39 Å². The molecule has 3 rings (SSSR count). The summed E-state index contributed by atoms with van der Waals surface area (Å²) in [5.41, 5.74) is 0.407. The molecule has 3 nitrogen and oxygen atoms in total. The summed E-state index contributed by atoms with van der Waals surface area (Å²) in [5, 5.41) is 1.83.